The first kappa shape index (κ1) is 16.4. The van der Waals surface area contributed by atoms with E-state index in [1.807, 2.05) is 0 Å². The quantitative estimate of drug-likeness (QED) is 0.742. The van der Waals surface area contributed by atoms with E-state index in [1.165, 1.54) is 5.56 Å². The fourth-order valence-corrected chi connectivity index (χ4v) is 2.90. The van der Waals surface area contributed by atoms with Gasteiger partial charge in [0, 0.05) is 39.9 Å². The molecule has 4 heteroatoms. The lowest BCUT2D eigenvalue weighted by Gasteiger charge is -2.42. The maximum Gasteiger partial charge on any atom is 0.0700 e. The van der Waals surface area contributed by atoms with E-state index in [2.05, 4.69) is 47.5 Å². The van der Waals surface area contributed by atoms with Gasteiger partial charge in [-0.15, -0.1) is 0 Å². The number of hydrogen-bond acceptors (Lipinski definition) is 4. The van der Waals surface area contributed by atoms with E-state index >= 15 is 0 Å². The molecule has 4 nitrogen and oxygen atoms in total. The summed E-state index contributed by atoms with van der Waals surface area (Å²) in [4.78, 5) is 2.53. The predicted octanol–water partition coefficient (Wildman–Crippen LogP) is 1.86. The lowest BCUT2D eigenvalue weighted by molar-refractivity contribution is 0.0606. The summed E-state index contributed by atoms with van der Waals surface area (Å²) in [5.74, 6) is 0. The largest absolute Gasteiger partial charge is 0.382 e. The molecule has 0 saturated carbocycles. The molecule has 1 aliphatic heterocycles. The van der Waals surface area contributed by atoms with Crippen LogP contribution in [0.2, 0.25) is 0 Å². The first-order valence-corrected chi connectivity index (χ1v) is 7.84. The highest BCUT2D eigenvalue weighted by atomic mass is 16.5. The predicted molar refractivity (Wildman–Crippen MR) is 85.5 cm³/mol. The fourth-order valence-electron chi connectivity index (χ4n) is 2.90. The zero-order valence-electron chi connectivity index (χ0n) is 13.3. The lowest BCUT2D eigenvalue weighted by atomic mass is 9.89. The van der Waals surface area contributed by atoms with Crippen molar-refractivity contribution in [3.8, 4) is 0 Å². The first-order chi connectivity index (χ1) is 10.2. The SMILES string of the molecule is COCCOCCCN1CCNC(C)(c2ccccc2)C1. The summed E-state index contributed by atoms with van der Waals surface area (Å²) in [5, 5.41) is 3.67. The van der Waals surface area contributed by atoms with Gasteiger partial charge in [0.05, 0.1) is 18.8 Å². The van der Waals surface area contributed by atoms with Crippen LogP contribution in [-0.2, 0) is 15.0 Å². The van der Waals surface area contributed by atoms with Gasteiger partial charge in [-0.3, -0.25) is 4.90 Å². The van der Waals surface area contributed by atoms with Crippen LogP contribution in [0.5, 0.6) is 0 Å². The Morgan fingerprint density at radius 3 is 2.76 bits per heavy atom. The molecule has 0 amide bonds. The zero-order valence-corrected chi connectivity index (χ0v) is 13.3. The molecular weight excluding hydrogens is 264 g/mol. The topological polar surface area (TPSA) is 33.7 Å². The molecule has 1 aromatic rings. The molecule has 1 heterocycles. The maximum absolute atomic E-state index is 5.53. The van der Waals surface area contributed by atoms with Crippen LogP contribution in [0, 0.1) is 0 Å². The van der Waals surface area contributed by atoms with Gasteiger partial charge in [0.1, 0.15) is 0 Å². The summed E-state index contributed by atoms with van der Waals surface area (Å²) in [7, 11) is 1.70. The smallest absolute Gasteiger partial charge is 0.0700 e. The number of nitrogens with one attached hydrogen (secondary N) is 1. The van der Waals surface area contributed by atoms with E-state index in [9.17, 15) is 0 Å². The molecule has 0 bridgehead atoms. The number of nitrogens with zero attached hydrogens (tertiary/aromatic N) is 1. The Bertz CT molecular complexity index is 399. The third kappa shape index (κ3) is 5.08. The minimum absolute atomic E-state index is 0.0520. The van der Waals surface area contributed by atoms with Crippen molar-refractivity contribution in [2.24, 2.45) is 0 Å². The van der Waals surface area contributed by atoms with E-state index in [0.717, 1.165) is 39.2 Å². The molecule has 1 aliphatic rings. The Balaban J connectivity index is 1.76. The van der Waals surface area contributed by atoms with E-state index in [-0.39, 0.29) is 5.54 Å². The molecule has 0 aromatic heterocycles. The van der Waals surface area contributed by atoms with Gasteiger partial charge in [-0.05, 0) is 18.9 Å². The fraction of sp³-hybridized carbons (Fsp3) is 0.647. The van der Waals surface area contributed by atoms with Crippen LogP contribution in [0.1, 0.15) is 18.9 Å². The number of piperazine rings is 1. The summed E-state index contributed by atoms with van der Waals surface area (Å²) in [5.41, 5.74) is 1.42. The molecule has 1 fully saturated rings. The zero-order chi connectivity index (χ0) is 15.0. The Labute approximate surface area is 128 Å². The first-order valence-electron chi connectivity index (χ1n) is 7.84. The summed E-state index contributed by atoms with van der Waals surface area (Å²) >= 11 is 0. The molecular formula is C17H28N2O2. The van der Waals surface area contributed by atoms with Crippen LogP contribution in [0.4, 0.5) is 0 Å². The van der Waals surface area contributed by atoms with Crippen molar-refractivity contribution in [2.75, 3.05) is 53.1 Å². The van der Waals surface area contributed by atoms with Gasteiger partial charge in [0.2, 0.25) is 0 Å². The molecule has 1 saturated heterocycles. The van der Waals surface area contributed by atoms with Crippen LogP contribution in [0.25, 0.3) is 0 Å². The van der Waals surface area contributed by atoms with Gasteiger partial charge >= 0.3 is 0 Å². The third-order valence-electron chi connectivity index (χ3n) is 4.09. The average Bonchev–Trinajstić information content (AvgIpc) is 2.52. The molecule has 21 heavy (non-hydrogen) atoms. The minimum atomic E-state index is 0.0520. The molecule has 0 radical (unpaired) electrons. The summed E-state index contributed by atoms with van der Waals surface area (Å²) in [6, 6.07) is 10.7. The van der Waals surface area contributed by atoms with Gasteiger partial charge in [0.15, 0.2) is 0 Å². The van der Waals surface area contributed by atoms with Crippen LogP contribution in [0.15, 0.2) is 30.3 Å². The monoisotopic (exact) mass is 292 g/mol. The summed E-state index contributed by atoms with van der Waals surface area (Å²) in [6.07, 6.45) is 1.08. The van der Waals surface area contributed by atoms with Crippen molar-refractivity contribution in [3.63, 3.8) is 0 Å². The van der Waals surface area contributed by atoms with Gasteiger partial charge in [-0.25, -0.2) is 0 Å². The van der Waals surface area contributed by atoms with E-state index in [0.29, 0.717) is 13.2 Å². The van der Waals surface area contributed by atoms with Crippen molar-refractivity contribution < 1.29 is 9.47 Å². The Kier molecular flexibility index (Phi) is 6.64. The molecule has 118 valence electrons. The summed E-state index contributed by atoms with van der Waals surface area (Å²) < 4.78 is 10.5. The van der Waals surface area contributed by atoms with Crippen LogP contribution in [0.3, 0.4) is 0 Å². The van der Waals surface area contributed by atoms with Gasteiger partial charge in [-0.2, -0.15) is 0 Å². The maximum atomic E-state index is 5.53. The molecule has 1 atom stereocenters. The molecule has 0 spiro atoms. The van der Waals surface area contributed by atoms with E-state index in [4.69, 9.17) is 9.47 Å². The highest BCUT2D eigenvalue weighted by Gasteiger charge is 2.31. The van der Waals surface area contributed by atoms with Crippen LogP contribution >= 0.6 is 0 Å². The third-order valence-corrected chi connectivity index (χ3v) is 4.09. The number of benzene rings is 1. The van der Waals surface area contributed by atoms with Crippen molar-refractivity contribution in [1.29, 1.82) is 0 Å². The van der Waals surface area contributed by atoms with Crippen molar-refractivity contribution in [1.82, 2.24) is 10.2 Å². The number of hydrogen-bond donors (Lipinski definition) is 1. The van der Waals surface area contributed by atoms with Crippen molar-refractivity contribution in [3.05, 3.63) is 35.9 Å². The molecule has 2 rings (SSSR count). The summed E-state index contributed by atoms with van der Waals surface area (Å²) in [6.45, 7) is 8.78. The standard InChI is InChI=1S/C17H28N2O2/c1-17(16-7-4-3-5-8-16)15-19(11-9-18-17)10-6-12-21-14-13-20-2/h3-5,7-8,18H,6,9-15H2,1-2H3. The lowest BCUT2D eigenvalue weighted by Crippen LogP contribution is -2.56. The number of ether oxygens (including phenoxy) is 2. The second-order valence-electron chi connectivity index (χ2n) is 5.86. The van der Waals surface area contributed by atoms with Crippen LogP contribution in [-0.4, -0.2) is 58.0 Å². The van der Waals surface area contributed by atoms with Crippen LogP contribution < -0.4 is 5.32 Å². The minimum Gasteiger partial charge on any atom is -0.382 e. The number of rotatable bonds is 8. The van der Waals surface area contributed by atoms with Gasteiger partial charge < -0.3 is 14.8 Å². The normalized spacial score (nSPS) is 23.3. The number of methoxy groups -OCH3 is 1. The Hall–Kier alpha value is -0.940. The Morgan fingerprint density at radius 2 is 2.00 bits per heavy atom. The molecule has 1 N–H and O–H groups in total. The van der Waals surface area contributed by atoms with Gasteiger partial charge in [0.25, 0.3) is 0 Å². The molecule has 1 aromatic carbocycles. The van der Waals surface area contributed by atoms with E-state index in [1.54, 1.807) is 7.11 Å². The second kappa shape index (κ2) is 8.49. The molecule has 1 unspecified atom stereocenters. The molecule has 0 aliphatic carbocycles. The Morgan fingerprint density at radius 1 is 1.19 bits per heavy atom. The second-order valence-corrected chi connectivity index (χ2v) is 5.86. The van der Waals surface area contributed by atoms with Gasteiger partial charge in [-0.1, -0.05) is 30.3 Å². The highest BCUT2D eigenvalue weighted by Crippen LogP contribution is 2.24. The van der Waals surface area contributed by atoms with Crippen molar-refractivity contribution in [2.45, 2.75) is 18.9 Å². The highest BCUT2D eigenvalue weighted by molar-refractivity contribution is 5.24. The van der Waals surface area contributed by atoms with Crippen molar-refractivity contribution >= 4 is 0 Å². The van der Waals surface area contributed by atoms with E-state index < -0.39 is 0 Å². The average molecular weight is 292 g/mol.